The van der Waals surface area contributed by atoms with Crippen molar-refractivity contribution in [1.82, 2.24) is 4.90 Å². The van der Waals surface area contributed by atoms with Gasteiger partial charge in [-0.25, -0.2) is 4.39 Å². The van der Waals surface area contributed by atoms with E-state index in [1.54, 1.807) is 6.07 Å². The van der Waals surface area contributed by atoms with Crippen LogP contribution in [0.5, 0.6) is 5.75 Å². The fraction of sp³-hybridized carbons (Fsp3) is 0.562. The number of benzene rings is 1. The van der Waals surface area contributed by atoms with Gasteiger partial charge in [0.25, 0.3) is 5.91 Å². The van der Waals surface area contributed by atoms with Gasteiger partial charge >= 0.3 is 0 Å². The Morgan fingerprint density at radius 1 is 1.48 bits per heavy atom. The summed E-state index contributed by atoms with van der Waals surface area (Å²) < 4.78 is 24.5. The number of amides is 1. The van der Waals surface area contributed by atoms with Gasteiger partial charge in [0.05, 0.1) is 12.7 Å². The van der Waals surface area contributed by atoms with E-state index in [9.17, 15) is 9.18 Å². The van der Waals surface area contributed by atoms with Crippen LogP contribution in [0.25, 0.3) is 0 Å². The van der Waals surface area contributed by atoms with Crippen LogP contribution in [0, 0.1) is 5.82 Å². The van der Waals surface area contributed by atoms with Crippen molar-refractivity contribution in [2.45, 2.75) is 38.4 Å². The number of rotatable bonds is 3. The third-order valence-corrected chi connectivity index (χ3v) is 4.03. The average Bonchev–Trinajstić information content (AvgIpc) is 2.90. The third-order valence-electron chi connectivity index (χ3n) is 4.03. The number of halogens is 1. The fourth-order valence-corrected chi connectivity index (χ4v) is 2.97. The molecule has 0 N–H and O–H groups in total. The van der Waals surface area contributed by atoms with E-state index in [2.05, 4.69) is 6.92 Å². The van der Waals surface area contributed by atoms with Crippen molar-refractivity contribution in [1.29, 1.82) is 0 Å². The van der Waals surface area contributed by atoms with Crippen LogP contribution in [-0.4, -0.2) is 42.7 Å². The first-order valence-electron chi connectivity index (χ1n) is 7.53. The largest absolute Gasteiger partial charge is 0.480 e. The summed E-state index contributed by atoms with van der Waals surface area (Å²) in [6.07, 6.45) is 2.04. The van der Waals surface area contributed by atoms with Crippen LogP contribution in [0.15, 0.2) is 18.2 Å². The second kappa shape index (κ2) is 6.02. The number of carbonyl (C=O) groups excluding carboxylic acids is 1. The molecule has 114 valence electrons. The maximum Gasteiger partial charge on any atom is 0.264 e. The van der Waals surface area contributed by atoms with Gasteiger partial charge in [-0.05, 0) is 24.6 Å². The molecule has 2 atom stereocenters. The lowest BCUT2D eigenvalue weighted by Gasteiger charge is -2.34. The molecule has 1 fully saturated rings. The van der Waals surface area contributed by atoms with E-state index in [-0.39, 0.29) is 17.8 Å². The molecule has 1 saturated heterocycles. The van der Waals surface area contributed by atoms with E-state index < -0.39 is 6.10 Å². The zero-order valence-corrected chi connectivity index (χ0v) is 12.2. The molecule has 2 aliphatic heterocycles. The van der Waals surface area contributed by atoms with Crippen LogP contribution in [0.2, 0.25) is 0 Å². The van der Waals surface area contributed by atoms with Crippen molar-refractivity contribution in [2.24, 2.45) is 0 Å². The molecule has 1 aromatic rings. The first kappa shape index (κ1) is 14.3. The molecule has 3 rings (SSSR count). The van der Waals surface area contributed by atoms with Gasteiger partial charge in [-0.1, -0.05) is 13.3 Å². The molecule has 5 heteroatoms. The summed E-state index contributed by atoms with van der Waals surface area (Å²) >= 11 is 0. The predicted octanol–water partition coefficient (Wildman–Crippen LogP) is 2.16. The molecule has 1 amide bonds. The van der Waals surface area contributed by atoms with E-state index in [0.29, 0.717) is 31.9 Å². The van der Waals surface area contributed by atoms with Crippen LogP contribution in [0.4, 0.5) is 4.39 Å². The summed E-state index contributed by atoms with van der Waals surface area (Å²) in [5.41, 5.74) is 0.770. The van der Waals surface area contributed by atoms with E-state index >= 15 is 0 Å². The van der Waals surface area contributed by atoms with Crippen LogP contribution in [0.3, 0.4) is 0 Å². The maximum atomic E-state index is 13.2. The van der Waals surface area contributed by atoms with Gasteiger partial charge in [-0.15, -0.1) is 0 Å². The minimum Gasteiger partial charge on any atom is -0.480 e. The molecular formula is C16H20FNO3. The minimum atomic E-state index is -0.526. The highest BCUT2D eigenvalue weighted by atomic mass is 19.1. The fourth-order valence-electron chi connectivity index (χ4n) is 2.97. The average molecular weight is 293 g/mol. The van der Waals surface area contributed by atoms with Crippen LogP contribution < -0.4 is 4.74 Å². The van der Waals surface area contributed by atoms with Gasteiger partial charge in [0.2, 0.25) is 0 Å². The summed E-state index contributed by atoms with van der Waals surface area (Å²) in [4.78, 5) is 14.4. The normalized spacial score (nSPS) is 24.6. The molecule has 0 spiro atoms. The highest BCUT2D eigenvalue weighted by Gasteiger charge is 2.34. The number of fused-ring (bicyclic) bond motifs is 1. The summed E-state index contributed by atoms with van der Waals surface area (Å²) in [6, 6.07) is 4.40. The Bertz CT molecular complexity index is 532. The zero-order valence-electron chi connectivity index (χ0n) is 12.2. The van der Waals surface area contributed by atoms with Crippen molar-refractivity contribution >= 4 is 5.91 Å². The van der Waals surface area contributed by atoms with Crippen molar-refractivity contribution in [3.8, 4) is 5.75 Å². The molecular weight excluding hydrogens is 273 g/mol. The minimum absolute atomic E-state index is 0.0176. The topological polar surface area (TPSA) is 38.8 Å². The zero-order chi connectivity index (χ0) is 14.8. The molecule has 21 heavy (non-hydrogen) atoms. The third kappa shape index (κ3) is 3.02. The van der Waals surface area contributed by atoms with Crippen molar-refractivity contribution in [3.63, 3.8) is 0 Å². The van der Waals surface area contributed by atoms with Gasteiger partial charge in [-0.3, -0.25) is 4.79 Å². The van der Waals surface area contributed by atoms with Gasteiger partial charge in [0.15, 0.2) is 6.10 Å². The molecule has 2 unspecified atom stereocenters. The molecule has 0 saturated carbocycles. The van der Waals surface area contributed by atoms with E-state index in [4.69, 9.17) is 9.47 Å². The smallest absolute Gasteiger partial charge is 0.264 e. The van der Waals surface area contributed by atoms with Gasteiger partial charge in [0, 0.05) is 25.1 Å². The summed E-state index contributed by atoms with van der Waals surface area (Å²) in [6.45, 7) is 3.90. The van der Waals surface area contributed by atoms with Gasteiger partial charge in [-0.2, -0.15) is 0 Å². The van der Waals surface area contributed by atoms with Crippen molar-refractivity contribution in [3.05, 3.63) is 29.6 Å². The van der Waals surface area contributed by atoms with Crippen LogP contribution >= 0.6 is 0 Å². The maximum absolute atomic E-state index is 13.2. The number of nitrogens with zero attached hydrogens (tertiary/aromatic N) is 1. The standard InChI is InChI=1S/C16H20FNO3/c1-2-3-13-10-18(6-7-20-13)16(19)15-9-11-8-12(17)4-5-14(11)21-15/h4-5,8,13,15H,2-3,6-7,9-10H2,1H3. The van der Waals surface area contributed by atoms with Gasteiger partial charge in [0.1, 0.15) is 11.6 Å². The number of hydrogen-bond acceptors (Lipinski definition) is 3. The highest BCUT2D eigenvalue weighted by Crippen LogP contribution is 2.30. The van der Waals surface area contributed by atoms with Crippen LogP contribution in [0.1, 0.15) is 25.3 Å². The quantitative estimate of drug-likeness (QED) is 0.857. The molecule has 4 nitrogen and oxygen atoms in total. The Labute approximate surface area is 123 Å². The van der Waals surface area contributed by atoms with Crippen molar-refractivity contribution < 1.29 is 18.7 Å². The molecule has 0 aromatic heterocycles. The Morgan fingerprint density at radius 3 is 3.14 bits per heavy atom. The van der Waals surface area contributed by atoms with E-state index in [1.807, 2.05) is 4.90 Å². The molecule has 0 bridgehead atoms. The monoisotopic (exact) mass is 293 g/mol. The van der Waals surface area contributed by atoms with E-state index in [0.717, 1.165) is 18.4 Å². The lowest BCUT2D eigenvalue weighted by atomic mass is 10.1. The Hall–Kier alpha value is -1.62. The van der Waals surface area contributed by atoms with Crippen LogP contribution in [-0.2, 0) is 16.0 Å². The summed E-state index contributed by atoms with van der Waals surface area (Å²) in [5.74, 6) is 0.309. The SMILES string of the molecule is CCCC1CN(C(=O)C2Cc3cc(F)ccc3O2)CCO1. The van der Waals surface area contributed by atoms with E-state index in [1.165, 1.54) is 12.1 Å². The number of morpholine rings is 1. The molecule has 0 aliphatic carbocycles. The number of ether oxygens (including phenoxy) is 2. The predicted molar refractivity (Wildman–Crippen MR) is 75.7 cm³/mol. The molecule has 2 aliphatic rings. The molecule has 2 heterocycles. The summed E-state index contributed by atoms with van der Waals surface area (Å²) in [7, 11) is 0. The van der Waals surface area contributed by atoms with Crippen molar-refractivity contribution in [2.75, 3.05) is 19.7 Å². The first-order chi connectivity index (χ1) is 10.2. The second-order valence-corrected chi connectivity index (χ2v) is 5.63. The highest BCUT2D eigenvalue weighted by molar-refractivity contribution is 5.82. The second-order valence-electron chi connectivity index (χ2n) is 5.63. The van der Waals surface area contributed by atoms with Gasteiger partial charge < -0.3 is 14.4 Å². The lowest BCUT2D eigenvalue weighted by Crippen LogP contribution is -2.50. The number of carbonyl (C=O) groups is 1. The summed E-state index contributed by atoms with van der Waals surface area (Å²) in [5, 5.41) is 0. The first-order valence-corrected chi connectivity index (χ1v) is 7.53. The Kier molecular flexibility index (Phi) is 4.10. The molecule has 0 radical (unpaired) electrons. The Balaban J connectivity index is 1.64. The lowest BCUT2D eigenvalue weighted by molar-refractivity contribution is -0.145. The Morgan fingerprint density at radius 2 is 2.33 bits per heavy atom. The molecule has 1 aromatic carbocycles. The number of hydrogen-bond donors (Lipinski definition) is 0.